The summed E-state index contributed by atoms with van der Waals surface area (Å²) >= 11 is 0. The average molecular weight is 386 g/mol. The fourth-order valence-corrected chi connectivity index (χ4v) is 3.06. The number of nitrogens with zero attached hydrogens (tertiary/aromatic N) is 4. The molecule has 9 nitrogen and oxygen atoms in total. The topological polar surface area (TPSA) is 104 Å². The van der Waals surface area contributed by atoms with E-state index in [1.807, 2.05) is 30.3 Å². The fraction of sp³-hybridized carbons (Fsp3) is 0.421. The lowest BCUT2D eigenvalue weighted by molar-refractivity contribution is -0.149. The lowest BCUT2D eigenvalue weighted by Gasteiger charge is -2.30. The molecule has 2 aromatic rings. The normalized spacial score (nSPS) is 14.6. The Morgan fingerprint density at radius 3 is 2.43 bits per heavy atom. The molecule has 1 amide bonds. The molecule has 0 atom stereocenters. The minimum Gasteiger partial charge on any atom is -0.469 e. The number of ether oxygens (including phenoxy) is 2. The molecule has 0 aliphatic carbocycles. The van der Waals surface area contributed by atoms with Crippen LogP contribution in [0.3, 0.4) is 0 Å². The molecule has 0 N–H and O–H groups in total. The van der Waals surface area contributed by atoms with E-state index in [0.29, 0.717) is 37.3 Å². The van der Waals surface area contributed by atoms with Crippen LogP contribution in [0, 0.1) is 12.8 Å². The number of likely N-dealkylation sites (tertiary alicyclic amines) is 1. The van der Waals surface area contributed by atoms with Crippen molar-refractivity contribution in [1.29, 1.82) is 0 Å². The number of piperidine rings is 1. The summed E-state index contributed by atoms with van der Waals surface area (Å²) in [7, 11) is 1.36. The highest BCUT2D eigenvalue weighted by Gasteiger charge is 2.28. The van der Waals surface area contributed by atoms with Gasteiger partial charge in [-0.1, -0.05) is 18.2 Å². The van der Waals surface area contributed by atoms with Gasteiger partial charge in [0.1, 0.15) is 0 Å². The van der Waals surface area contributed by atoms with Crippen molar-refractivity contribution in [3.05, 3.63) is 41.7 Å². The first kappa shape index (κ1) is 19.5. The first-order valence-corrected chi connectivity index (χ1v) is 9.01. The number of carbonyl (C=O) groups excluding carboxylic acids is 3. The summed E-state index contributed by atoms with van der Waals surface area (Å²) in [6.07, 6.45) is 1.08. The molecular weight excluding hydrogens is 364 g/mol. The first-order valence-electron chi connectivity index (χ1n) is 9.01. The molecular formula is C19H22N4O5. The number of aryl methyl sites for hydroxylation is 1. The SMILES string of the molecule is COC(=O)C1CCN(C(=O)COC(=O)c2nn(-c3ccccc3)nc2C)CC1. The van der Waals surface area contributed by atoms with Crippen molar-refractivity contribution in [3.63, 3.8) is 0 Å². The lowest BCUT2D eigenvalue weighted by Crippen LogP contribution is -2.42. The summed E-state index contributed by atoms with van der Waals surface area (Å²) in [5.41, 5.74) is 1.20. The number of amides is 1. The number of hydrogen-bond acceptors (Lipinski definition) is 7. The summed E-state index contributed by atoms with van der Waals surface area (Å²) in [5, 5.41) is 8.38. The van der Waals surface area contributed by atoms with Crippen LogP contribution in [0.5, 0.6) is 0 Å². The lowest BCUT2D eigenvalue weighted by atomic mass is 9.97. The highest BCUT2D eigenvalue weighted by molar-refractivity contribution is 5.90. The van der Waals surface area contributed by atoms with Crippen LogP contribution in [-0.4, -0.2) is 64.5 Å². The zero-order chi connectivity index (χ0) is 20.1. The number of benzene rings is 1. The molecule has 1 aliphatic heterocycles. The molecule has 0 bridgehead atoms. The number of para-hydroxylation sites is 1. The van der Waals surface area contributed by atoms with E-state index in [1.54, 1.807) is 11.8 Å². The maximum Gasteiger partial charge on any atom is 0.361 e. The number of hydrogen-bond donors (Lipinski definition) is 0. The van der Waals surface area contributed by atoms with E-state index < -0.39 is 5.97 Å². The highest BCUT2D eigenvalue weighted by Crippen LogP contribution is 2.18. The molecule has 0 saturated carbocycles. The third-order valence-corrected chi connectivity index (χ3v) is 4.67. The number of rotatable bonds is 5. The van der Waals surface area contributed by atoms with Crippen molar-refractivity contribution >= 4 is 17.8 Å². The molecule has 1 saturated heterocycles. The van der Waals surface area contributed by atoms with E-state index >= 15 is 0 Å². The Kier molecular flexibility index (Phi) is 6.03. The monoisotopic (exact) mass is 386 g/mol. The van der Waals surface area contributed by atoms with Gasteiger partial charge < -0.3 is 14.4 Å². The van der Waals surface area contributed by atoms with Crippen LogP contribution >= 0.6 is 0 Å². The predicted molar refractivity (Wildman–Crippen MR) is 97.7 cm³/mol. The fourth-order valence-electron chi connectivity index (χ4n) is 3.06. The van der Waals surface area contributed by atoms with Crippen LogP contribution < -0.4 is 0 Å². The third kappa shape index (κ3) is 4.36. The van der Waals surface area contributed by atoms with E-state index in [9.17, 15) is 14.4 Å². The van der Waals surface area contributed by atoms with Gasteiger partial charge in [-0.3, -0.25) is 9.59 Å². The van der Waals surface area contributed by atoms with Crippen LogP contribution in [0.4, 0.5) is 0 Å². The van der Waals surface area contributed by atoms with Gasteiger partial charge in [0.15, 0.2) is 12.3 Å². The Balaban J connectivity index is 1.54. The second-order valence-electron chi connectivity index (χ2n) is 6.51. The molecule has 0 spiro atoms. The quantitative estimate of drug-likeness (QED) is 0.710. The molecule has 2 heterocycles. The summed E-state index contributed by atoms with van der Waals surface area (Å²) in [6.45, 7) is 2.14. The molecule has 1 aromatic heterocycles. The number of esters is 2. The van der Waals surface area contributed by atoms with Crippen LogP contribution in [-0.2, 0) is 19.1 Å². The number of methoxy groups -OCH3 is 1. The molecule has 1 aliphatic rings. The Morgan fingerprint density at radius 1 is 1.11 bits per heavy atom. The highest BCUT2D eigenvalue weighted by atomic mass is 16.5. The van der Waals surface area contributed by atoms with E-state index in [0.717, 1.165) is 0 Å². The first-order chi connectivity index (χ1) is 13.5. The van der Waals surface area contributed by atoms with Gasteiger partial charge in [-0.15, -0.1) is 5.10 Å². The Morgan fingerprint density at radius 2 is 1.79 bits per heavy atom. The zero-order valence-corrected chi connectivity index (χ0v) is 15.8. The van der Waals surface area contributed by atoms with Gasteiger partial charge in [-0.2, -0.15) is 9.90 Å². The van der Waals surface area contributed by atoms with Gasteiger partial charge in [0, 0.05) is 13.1 Å². The van der Waals surface area contributed by atoms with E-state index in [-0.39, 0.29) is 30.1 Å². The van der Waals surface area contributed by atoms with Crippen LogP contribution in [0.2, 0.25) is 0 Å². The molecule has 28 heavy (non-hydrogen) atoms. The van der Waals surface area contributed by atoms with Crippen LogP contribution in [0.1, 0.15) is 29.0 Å². The number of aromatic nitrogens is 3. The molecule has 9 heteroatoms. The molecule has 1 fully saturated rings. The number of carbonyl (C=O) groups is 3. The summed E-state index contributed by atoms with van der Waals surface area (Å²) in [5.74, 6) is -1.44. The second-order valence-corrected chi connectivity index (χ2v) is 6.51. The maximum absolute atomic E-state index is 12.3. The second kappa shape index (κ2) is 8.64. The molecule has 148 valence electrons. The van der Waals surface area contributed by atoms with Crippen molar-refractivity contribution in [2.75, 3.05) is 26.8 Å². The van der Waals surface area contributed by atoms with Gasteiger partial charge in [0.2, 0.25) is 0 Å². The molecule has 3 rings (SSSR count). The smallest absolute Gasteiger partial charge is 0.361 e. The predicted octanol–water partition coefficient (Wildman–Crippen LogP) is 1.14. The van der Waals surface area contributed by atoms with E-state index in [2.05, 4.69) is 10.2 Å². The van der Waals surface area contributed by atoms with E-state index in [4.69, 9.17) is 9.47 Å². The van der Waals surface area contributed by atoms with Gasteiger partial charge in [-0.25, -0.2) is 4.79 Å². The van der Waals surface area contributed by atoms with Crippen molar-refractivity contribution in [2.24, 2.45) is 5.92 Å². The standard InChI is InChI=1S/C19H22N4O5/c1-13-17(21-23(20-13)15-6-4-3-5-7-15)19(26)28-12-16(24)22-10-8-14(9-11-22)18(25)27-2/h3-7,14H,8-12H2,1-2H3. The Bertz CT molecular complexity index is 856. The third-order valence-electron chi connectivity index (χ3n) is 4.67. The van der Waals surface area contributed by atoms with E-state index in [1.165, 1.54) is 11.9 Å². The maximum atomic E-state index is 12.3. The van der Waals surface area contributed by atoms with Crippen LogP contribution in [0.15, 0.2) is 30.3 Å². The van der Waals surface area contributed by atoms with Crippen molar-refractivity contribution in [1.82, 2.24) is 19.9 Å². The van der Waals surface area contributed by atoms with Crippen molar-refractivity contribution in [3.8, 4) is 5.69 Å². The van der Waals surface area contributed by atoms with Crippen LogP contribution in [0.25, 0.3) is 5.69 Å². The Labute approximate surface area is 162 Å². The molecule has 0 radical (unpaired) electrons. The minimum absolute atomic E-state index is 0.0704. The van der Waals surface area contributed by atoms with Gasteiger partial charge in [0.25, 0.3) is 5.91 Å². The summed E-state index contributed by atoms with van der Waals surface area (Å²) in [4.78, 5) is 39.1. The minimum atomic E-state index is -0.697. The van der Waals surface area contributed by atoms with Crippen molar-refractivity contribution in [2.45, 2.75) is 19.8 Å². The van der Waals surface area contributed by atoms with Crippen molar-refractivity contribution < 1.29 is 23.9 Å². The molecule has 1 aromatic carbocycles. The zero-order valence-electron chi connectivity index (χ0n) is 15.8. The Hall–Kier alpha value is -3.23. The van der Waals surface area contributed by atoms with Gasteiger partial charge in [0.05, 0.1) is 24.4 Å². The summed E-state index contributed by atoms with van der Waals surface area (Å²) < 4.78 is 9.86. The molecule has 0 unspecified atom stereocenters. The van der Waals surface area contributed by atoms with Gasteiger partial charge in [-0.05, 0) is 31.9 Å². The summed E-state index contributed by atoms with van der Waals surface area (Å²) in [6, 6.07) is 9.18. The average Bonchev–Trinajstić information content (AvgIpc) is 3.13. The largest absolute Gasteiger partial charge is 0.469 e. The van der Waals surface area contributed by atoms with Gasteiger partial charge >= 0.3 is 11.9 Å².